The second-order valence-electron chi connectivity index (χ2n) is 6.93. The van der Waals surface area contributed by atoms with Crippen LogP contribution in [0.15, 0.2) is 24.3 Å². The summed E-state index contributed by atoms with van der Waals surface area (Å²) in [6, 6.07) is 8.33. The van der Waals surface area contributed by atoms with E-state index in [-0.39, 0.29) is 23.8 Å². The molecular formula is C20H31N3O2. The van der Waals surface area contributed by atoms with E-state index in [9.17, 15) is 9.59 Å². The van der Waals surface area contributed by atoms with Crippen molar-refractivity contribution in [2.45, 2.75) is 46.0 Å². The third-order valence-corrected chi connectivity index (χ3v) is 4.78. The Bertz CT molecular complexity index is 588. The first-order chi connectivity index (χ1) is 12.0. The van der Waals surface area contributed by atoms with Crippen molar-refractivity contribution in [3.63, 3.8) is 0 Å². The molecule has 2 atom stereocenters. The molecule has 2 N–H and O–H groups in total. The molecule has 0 radical (unpaired) electrons. The van der Waals surface area contributed by atoms with Gasteiger partial charge in [0.05, 0.1) is 5.92 Å². The van der Waals surface area contributed by atoms with Crippen LogP contribution < -0.4 is 10.6 Å². The predicted molar refractivity (Wildman–Crippen MR) is 101 cm³/mol. The maximum absolute atomic E-state index is 12.5. The Balaban J connectivity index is 2.13. The Hall–Kier alpha value is -2.04. The Kier molecular flexibility index (Phi) is 7.29. The van der Waals surface area contributed by atoms with E-state index in [1.54, 1.807) is 0 Å². The highest BCUT2D eigenvalue weighted by Crippen LogP contribution is 2.31. The molecule has 1 aliphatic heterocycles. The maximum Gasteiger partial charge on any atom is 0.317 e. The number of amides is 3. The number of hydrogen-bond acceptors (Lipinski definition) is 2. The van der Waals surface area contributed by atoms with Crippen molar-refractivity contribution in [1.29, 1.82) is 0 Å². The van der Waals surface area contributed by atoms with Crippen LogP contribution in [-0.4, -0.2) is 43.0 Å². The zero-order valence-corrected chi connectivity index (χ0v) is 15.7. The lowest BCUT2D eigenvalue weighted by atomic mass is 9.83. The van der Waals surface area contributed by atoms with E-state index in [1.807, 2.05) is 17.9 Å². The summed E-state index contributed by atoms with van der Waals surface area (Å²) in [5.74, 6) is 0.0838. The highest BCUT2D eigenvalue weighted by Gasteiger charge is 2.34. The third kappa shape index (κ3) is 5.48. The van der Waals surface area contributed by atoms with Gasteiger partial charge in [0.1, 0.15) is 0 Å². The lowest BCUT2D eigenvalue weighted by molar-refractivity contribution is -0.126. The van der Waals surface area contributed by atoms with Gasteiger partial charge in [-0.1, -0.05) is 43.2 Å². The highest BCUT2D eigenvalue weighted by atomic mass is 16.2. The highest BCUT2D eigenvalue weighted by molar-refractivity contribution is 5.81. The molecule has 5 nitrogen and oxygen atoms in total. The van der Waals surface area contributed by atoms with E-state index in [0.29, 0.717) is 26.2 Å². The topological polar surface area (TPSA) is 61.4 Å². The van der Waals surface area contributed by atoms with E-state index in [0.717, 1.165) is 19.3 Å². The summed E-state index contributed by atoms with van der Waals surface area (Å²) >= 11 is 0. The van der Waals surface area contributed by atoms with Crippen molar-refractivity contribution in [2.24, 2.45) is 5.92 Å². The molecular weight excluding hydrogens is 314 g/mol. The van der Waals surface area contributed by atoms with E-state index >= 15 is 0 Å². The van der Waals surface area contributed by atoms with Crippen LogP contribution in [0.2, 0.25) is 0 Å². The molecule has 25 heavy (non-hydrogen) atoms. The Labute approximate surface area is 151 Å². The lowest BCUT2D eigenvalue weighted by Gasteiger charge is -2.37. The Morgan fingerprint density at radius 2 is 2.00 bits per heavy atom. The van der Waals surface area contributed by atoms with Crippen LogP contribution in [0, 0.1) is 12.8 Å². The molecule has 1 saturated heterocycles. The number of hydrogen-bond donors (Lipinski definition) is 2. The van der Waals surface area contributed by atoms with E-state index < -0.39 is 0 Å². The molecule has 0 unspecified atom stereocenters. The van der Waals surface area contributed by atoms with Crippen molar-refractivity contribution in [1.82, 2.24) is 15.5 Å². The van der Waals surface area contributed by atoms with Gasteiger partial charge in [-0.05, 0) is 32.3 Å². The van der Waals surface area contributed by atoms with Gasteiger partial charge in [0.2, 0.25) is 5.91 Å². The standard InChI is InChI=1S/C20H31N3O2/c1-4-6-10-22-20(25)23-13-17(16-9-7-8-15(3)11-16)12-18(14-23)19(24)21-5-2/h7-9,11,17-18H,4-6,10,12-14H2,1-3H3,(H,21,24)(H,22,25)/t17-,18+/m1/s1. The molecule has 0 bridgehead atoms. The number of likely N-dealkylation sites (tertiary alicyclic amines) is 1. The van der Waals surface area contributed by atoms with Gasteiger partial charge in [-0.3, -0.25) is 4.79 Å². The quantitative estimate of drug-likeness (QED) is 0.779. The maximum atomic E-state index is 12.5. The molecule has 0 saturated carbocycles. The fraction of sp³-hybridized carbons (Fsp3) is 0.600. The van der Waals surface area contributed by atoms with Gasteiger partial charge >= 0.3 is 6.03 Å². The molecule has 1 aromatic carbocycles. The molecule has 2 rings (SSSR count). The van der Waals surface area contributed by atoms with Crippen molar-refractivity contribution in [2.75, 3.05) is 26.2 Å². The van der Waals surface area contributed by atoms with Crippen molar-refractivity contribution in [3.8, 4) is 0 Å². The van der Waals surface area contributed by atoms with Gasteiger partial charge < -0.3 is 15.5 Å². The average molecular weight is 345 g/mol. The SMILES string of the molecule is CCCCNC(=O)N1C[C@@H](C(=O)NCC)C[C@@H](c2cccc(C)c2)C1. The molecule has 3 amide bonds. The minimum atomic E-state index is -0.156. The van der Waals surface area contributed by atoms with E-state index in [4.69, 9.17) is 0 Å². The second kappa shape index (κ2) is 9.44. The number of nitrogens with one attached hydrogen (secondary N) is 2. The van der Waals surface area contributed by atoms with Crippen LogP contribution in [0.4, 0.5) is 4.79 Å². The van der Waals surface area contributed by atoms with Gasteiger partial charge in [-0.2, -0.15) is 0 Å². The number of nitrogens with zero attached hydrogens (tertiary/aromatic N) is 1. The molecule has 1 aromatic rings. The first-order valence-corrected chi connectivity index (χ1v) is 9.42. The molecule has 0 spiro atoms. The number of unbranched alkanes of at least 4 members (excludes halogenated alkanes) is 1. The molecule has 5 heteroatoms. The smallest absolute Gasteiger partial charge is 0.317 e. The first-order valence-electron chi connectivity index (χ1n) is 9.42. The summed E-state index contributed by atoms with van der Waals surface area (Å²) in [4.78, 5) is 26.7. The van der Waals surface area contributed by atoms with E-state index in [2.05, 4.69) is 42.7 Å². The minimum Gasteiger partial charge on any atom is -0.356 e. The Morgan fingerprint density at radius 3 is 2.68 bits per heavy atom. The third-order valence-electron chi connectivity index (χ3n) is 4.78. The number of carbonyl (C=O) groups excluding carboxylic acids is 2. The first kappa shape index (κ1) is 19.3. The summed E-state index contributed by atoms with van der Waals surface area (Å²) < 4.78 is 0. The number of benzene rings is 1. The minimum absolute atomic E-state index is 0.0474. The molecule has 0 aromatic heterocycles. The Morgan fingerprint density at radius 1 is 1.20 bits per heavy atom. The molecule has 1 fully saturated rings. The van der Waals surface area contributed by atoms with Crippen LogP contribution in [0.3, 0.4) is 0 Å². The number of piperidine rings is 1. The summed E-state index contributed by atoms with van der Waals surface area (Å²) in [6.07, 6.45) is 2.81. The van der Waals surface area contributed by atoms with Gasteiger partial charge in [-0.15, -0.1) is 0 Å². The van der Waals surface area contributed by atoms with Crippen LogP contribution in [0.5, 0.6) is 0 Å². The van der Waals surface area contributed by atoms with Crippen LogP contribution in [0.1, 0.15) is 50.2 Å². The largest absolute Gasteiger partial charge is 0.356 e. The van der Waals surface area contributed by atoms with Crippen LogP contribution >= 0.6 is 0 Å². The molecule has 1 heterocycles. The summed E-state index contributed by atoms with van der Waals surface area (Å²) in [6.45, 7) is 8.56. The number of rotatable bonds is 6. The molecule has 138 valence electrons. The second-order valence-corrected chi connectivity index (χ2v) is 6.93. The van der Waals surface area contributed by atoms with E-state index in [1.165, 1.54) is 11.1 Å². The number of carbonyl (C=O) groups is 2. The van der Waals surface area contributed by atoms with Gasteiger partial charge in [0.15, 0.2) is 0 Å². The van der Waals surface area contributed by atoms with Crippen molar-refractivity contribution in [3.05, 3.63) is 35.4 Å². The fourth-order valence-electron chi connectivity index (χ4n) is 3.42. The van der Waals surface area contributed by atoms with Gasteiger partial charge in [-0.25, -0.2) is 4.79 Å². The normalized spacial score (nSPS) is 20.2. The van der Waals surface area contributed by atoms with Gasteiger partial charge in [0, 0.05) is 32.1 Å². The lowest BCUT2D eigenvalue weighted by Crippen LogP contribution is -2.51. The molecule has 1 aliphatic rings. The van der Waals surface area contributed by atoms with Gasteiger partial charge in [0.25, 0.3) is 0 Å². The molecule has 0 aliphatic carbocycles. The monoisotopic (exact) mass is 345 g/mol. The predicted octanol–water partition coefficient (Wildman–Crippen LogP) is 3.05. The number of aryl methyl sites for hydroxylation is 1. The van der Waals surface area contributed by atoms with Crippen molar-refractivity contribution < 1.29 is 9.59 Å². The average Bonchev–Trinajstić information content (AvgIpc) is 2.61. The number of urea groups is 1. The summed E-state index contributed by atoms with van der Waals surface area (Å²) in [5, 5.41) is 5.90. The van der Waals surface area contributed by atoms with Crippen molar-refractivity contribution >= 4 is 11.9 Å². The fourth-order valence-corrected chi connectivity index (χ4v) is 3.42. The van der Waals surface area contributed by atoms with Crippen LogP contribution in [0.25, 0.3) is 0 Å². The summed E-state index contributed by atoms with van der Waals surface area (Å²) in [7, 11) is 0. The zero-order chi connectivity index (χ0) is 18.2. The van der Waals surface area contributed by atoms with Crippen LogP contribution in [-0.2, 0) is 4.79 Å². The summed E-state index contributed by atoms with van der Waals surface area (Å²) in [5.41, 5.74) is 2.41. The zero-order valence-electron chi connectivity index (χ0n) is 15.7.